The van der Waals surface area contributed by atoms with Gasteiger partial charge in [-0.1, -0.05) is 24.6 Å². The fourth-order valence-electron chi connectivity index (χ4n) is 2.17. The molecule has 0 bridgehead atoms. The van der Waals surface area contributed by atoms with Crippen LogP contribution in [-0.4, -0.2) is 11.5 Å². The van der Waals surface area contributed by atoms with E-state index in [-0.39, 0.29) is 11.9 Å². The highest BCUT2D eigenvalue weighted by Crippen LogP contribution is 2.27. The highest BCUT2D eigenvalue weighted by Gasteiger charge is 2.18. The van der Waals surface area contributed by atoms with E-state index in [4.69, 9.17) is 11.6 Å². The van der Waals surface area contributed by atoms with E-state index in [0.29, 0.717) is 10.6 Å². The Kier molecular flexibility index (Phi) is 5.10. The lowest BCUT2D eigenvalue weighted by atomic mass is 9.98. The van der Waals surface area contributed by atoms with Crippen LogP contribution in [0.4, 0.5) is 4.39 Å². The van der Waals surface area contributed by atoms with Gasteiger partial charge < -0.3 is 5.32 Å². The summed E-state index contributed by atoms with van der Waals surface area (Å²) in [4.78, 5) is 4.20. The van der Waals surface area contributed by atoms with Gasteiger partial charge in [-0.2, -0.15) is 0 Å². The molecule has 0 fully saturated rings. The van der Waals surface area contributed by atoms with E-state index in [2.05, 4.69) is 17.2 Å². The Morgan fingerprint density at radius 2 is 2.10 bits per heavy atom. The molecule has 0 aliphatic carbocycles. The van der Waals surface area contributed by atoms with Crippen LogP contribution in [0.2, 0.25) is 5.02 Å². The van der Waals surface area contributed by atoms with E-state index < -0.39 is 0 Å². The number of hydrogen-bond acceptors (Lipinski definition) is 2. The fourth-order valence-corrected chi connectivity index (χ4v) is 2.35. The van der Waals surface area contributed by atoms with E-state index in [1.807, 2.05) is 13.0 Å². The first-order valence-corrected chi connectivity index (χ1v) is 7.09. The van der Waals surface area contributed by atoms with Gasteiger partial charge in [0.15, 0.2) is 0 Å². The molecular formula is C16H18ClFN2. The minimum Gasteiger partial charge on any atom is -0.306 e. The van der Waals surface area contributed by atoms with Crippen LogP contribution in [0.25, 0.3) is 0 Å². The standard InChI is InChI=1S/C16H18ClFN2/c1-3-6-20-16(12-7-11(2)9-19-10-12)14-8-13(17)4-5-15(14)18/h4-5,7-10,16,20H,3,6H2,1-2H3. The molecule has 20 heavy (non-hydrogen) atoms. The van der Waals surface area contributed by atoms with Gasteiger partial charge in [0.2, 0.25) is 0 Å². The molecule has 0 saturated heterocycles. The van der Waals surface area contributed by atoms with E-state index in [9.17, 15) is 4.39 Å². The molecule has 1 unspecified atom stereocenters. The van der Waals surface area contributed by atoms with Crippen molar-refractivity contribution in [3.05, 3.63) is 64.2 Å². The number of pyridine rings is 1. The van der Waals surface area contributed by atoms with Crippen LogP contribution in [0.5, 0.6) is 0 Å². The van der Waals surface area contributed by atoms with Crippen molar-refractivity contribution in [2.75, 3.05) is 6.54 Å². The molecule has 2 rings (SSSR count). The van der Waals surface area contributed by atoms with Gasteiger partial charge in [0.05, 0.1) is 6.04 Å². The van der Waals surface area contributed by atoms with Gasteiger partial charge in [0, 0.05) is 23.0 Å². The zero-order valence-electron chi connectivity index (χ0n) is 11.7. The van der Waals surface area contributed by atoms with Gasteiger partial charge in [-0.25, -0.2) is 4.39 Å². The maximum Gasteiger partial charge on any atom is 0.128 e. The molecule has 0 spiro atoms. The maximum absolute atomic E-state index is 14.1. The summed E-state index contributed by atoms with van der Waals surface area (Å²) in [5.41, 5.74) is 2.55. The van der Waals surface area contributed by atoms with Gasteiger partial charge >= 0.3 is 0 Å². The molecule has 4 heteroatoms. The molecule has 0 radical (unpaired) electrons. The van der Waals surface area contributed by atoms with Crippen molar-refractivity contribution in [1.29, 1.82) is 0 Å². The Balaban J connectivity index is 2.44. The summed E-state index contributed by atoms with van der Waals surface area (Å²) in [7, 11) is 0. The molecule has 1 aromatic heterocycles. The average molecular weight is 293 g/mol. The molecule has 1 heterocycles. The molecule has 1 atom stereocenters. The highest BCUT2D eigenvalue weighted by molar-refractivity contribution is 6.30. The van der Waals surface area contributed by atoms with Crippen LogP contribution in [0.15, 0.2) is 36.7 Å². The molecular weight excluding hydrogens is 275 g/mol. The Morgan fingerprint density at radius 3 is 2.80 bits per heavy atom. The first-order chi connectivity index (χ1) is 9.61. The molecule has 2 nitrogen and oxygen atoms in total. The van der Waals surface area contributed by atoms with E-state index >= 15 is 0 Å². The van der Waals surface area contributed by atoms with Crippen molar-refractivity contribution >= 4 is 11.6 Å². The smallest absolute Gasteiger partial charge is 0.128 e. The predicted octanol–water partition coefficient (Wildman–Crippen LogP) is 4.27. The zero-order valence-corrected chi connectivity index (χ0v) is 12.4. The monoisotopic (exact) mass is 292 g/mol. The predicted molar refractivity (Wildman–Crippen MR) is 80.5 cm³/mol. The van der Waals surface area contributed by atoms with Crippen molar-refractivity contribution in [2.45, 2.75) is 26.3 Å². The van der Waals surface area contributed by atoms with Gasteiger partial charge in [-0.15, -0.1) is 0 Å². The van der Waals surface area contributed by atoms with Crippen molar-refractivity contribution in [3.63, 3.8) is 0 Å². The highest BCUT2D eigenvalue weighted by atomic mass is 35.5. The first-order valence-electron chi connectivity index (χ1n) is 6.71. The summed E-state index contributed by atoms with van der Waals surface area (Å²) < 4.78 is 14.1. The van der Waals surface area contributed by atoms with Gasteiger partial charge in [0.25, 0.3) is 0 Å². The first kappa shape index (κ1) is 14.9. The zero-order chi connectivity index (χ0) is 14.5. The van der Waals surface area contributed by atoms with Gasteiger partial charge in [-0.05, 0) is 49.2 Å². The maximum atomic E-state index is 14.1. The summed E-state index contributed by atoms with van der Waals surface area (Å²) in [6, 6.07) is 6.42. The molecule has 106 valence electrons. The molecule has 0 amide bonds. The summed E-state index contributed by atoms with van der Waals surface area (Å²) in [5.74, 6) is -0.260. The molecule has 2 aromatic rings. The number of hydrogen-bond donors (Lipinski definition) is 1. The lowest BCUT2D eigenvalue weighted by molar-refractivity contribution is 0.545. The van der Waals surface area contributed by atoms with Crippen molar-refractivity contribution in [3.8, 4) is 0 Å². The lowest BCUT2D eigenvalue weighted by Crippen LogP contribution is -2.24. The third kappa shape index (κ3) is 3.56. The number of nitrogens with zero attached hydrogens (tertiary/aromatic N) is 1. The molecule has 1 aromatic carbocycles. The lowest BCUT2D eigenvalue weighted by Gasteiger charge is -2.20. The SMILES string of the molecule is CCCNC(c1cncc(C)c1)c1cc(Cl)ccc1F. The van der Waals surface area contributed by atoms with Gasteiger partial charge in [-0.3, -0.25) is 4.98 Å². The second-order valence-corrected chi connectivity index (χ2v) is 5.29. The second-order valence-electron chi connectivity index (χ2n) is 4.85. The molecule has 0 aliphatic heterocycles. The van der Waals surface area contributed by atoms with Crippen LogP contribution in [0, 0.1) is 12.7 Å². The van der Waals surface area contributed by atoms with E-state index in [1.54, 1.807) is 24.5 Å². The number of halogens is 2. The van der Waals surface area contributed by atoms with Crippen LogP contribution >= 0.6 is 11.6 Å². The van der Waals surface area contributed by atoms with Crippen LogP contribution in [0.3, 0.4) is 0 Å². The van der Waals surface area contributed by atoms with Crippen LogP contribution in [-0.2, 0) is 0 Å². The Bertz CT molecular complexity index is 586. The summed E-state index contributed by atoms with van der Waals surface area (Å²) in [6.07, 6.45) is 4.52. The minimum atomic E-state index is -0.260. The molecule has 1 N–H and O–H groups in total. The fraction of sp³-hybridized carbons (Fsp3) is 0.312. The van der Waals surface area contributed by atoms with Crippen LogP contribution in [0.1, 0.15) is 36.1 Å². The van der Waals surface area contributed by atoms with Crippen molar-refractivity contribution in [2.24, 2.45) is 0 Å². The molecule has 0 saturated carbocycles. The largest absolute Gasteiger partial charge is 0.306 e. The summed E-state index contributed by atoms with van der Waals surface area (Å²) >= 11 is 6.00. The Morgan fingerprint density at radius 1 is 1.30 bits per heavy atom. The number of aromatic nitrogens is 1. The second kappa shape index (κ2) is 6.82. The van der Waals surface area contributed by atoms with Crippen molar-refractivity contribution in [1.82, 2.24) is 10.3 Å². The normalized spacial score (nSPS) is 12.4. The summed E-state index contributed by atoms with van der Waals surface area (Å²) in [6.45, 7) is 4.85. The third-order valence-electron chi connectivity index (χ3n) is 3.10. The van der Waals surface area contributed by atoms with Crippen LogP contribution < -0.4 is 5.32 Å². The molecule has 0 aliphatic rings. The van der Waals surface area contributed by atoms with Crippen molar-refractivity contribution < 1.29 is 4.39 Å². The quantitative estimate of drug-likeness (QED) is 0.890. The summed E-state index contributed by atoms with van der Waals surface area (Å²) in [5, 5.41) is 3.89. The van der Waals surface area contributed by atoms with Gasteiger partial charge in [0.1, 0.15) is 5.82 Å². The topological polar surface area (TPSA) is 24.9 Å². The van der Waals surface area contributed by atoms with E-state index in [0.717, 1.165) is 24.1 Å². The number of aryl methyl sites for hydroxylation is 1. The minimum absolute atomic E-state index is 0.235. The Labute approximate surface area is 124 Å². The third-order valence-corrected chi connectivity index (χ3v) is 3.33. The number of benzene rings is 1. The van der Waals surface area contributed by atoms with E-state index in [1.165, 1.54) is 6.07 Å². The number of nitrogens with one attached hydrogen (secondary N) is 1. The average Bonchev–Trinajstić information content (AvgIpc) is 2.43. The Hall–Kier alpha value is -1.45. The number of rotatable bonds is 5.